The summed E-state index contributed by atoms with van der Waals surface area (Å²) in [5.74, 6) is 2.36. The molecule has 1 heterocycles. The van der Waals surface area contributed by atoms with Crippen LogP contribution in [0.2, 0.25) is 0 Å². The lowest BCUT2D eigenvalue weighted by Gasteiger charge is -2.13. The Labute approximate surface area is 103 Å². The Balaban J connectivity index is 2.48. The molecule has 0 aliphatic carbocycles. The number of nitrogens with one attached hydrogen (secondary N) is 2. The third kappa shape index (κ3) is 5.49. The molecule has 0 aliphatic rings. The molecule has 0 aromatic carbocycles. The van der Waals surface area contributed by atoms with Crippen molar-refractivity contribution in [1.82, 2.24) is 9.97 Å². The summed E-state index contributed by atoms with van der Waals surface area (Å²) in [6, 6.07) is 2.13. The third-order valence-corrected chi connectivity index (χ3v) is 2.44. The molecule has 0 saturated carbocycles. The molecule has 1 atom stereocenters. The molecule has 4 N–H and O–H groups in total. The monoisotopic (exact) mass is 237 g/mol. The molecule has 0 spiro atoms. The standard InChI is InChI=1S/C12H23N5/c1-9(2)4-5-14-11-6-12(16-8-15-11)17-10(3)7-13/h6,8-10H,4-5,7,13H2,1-3H3,(H2,14,15,16,17). The first-order valence-corrected chi connectivity index (χ1v) is 6.14. The van der Waals surface area contributed by atoms with Gasteiger partial charge in [-0.2, -0.15) is 0 Å². The topological polar surface area (TPSA) is 75.9 Å². The lowest BCUT2D eigenvalue weighted by molar-refractivity contribution is 0.606. The summed E-state index contributed by atoms with van der Waals surface area (Å²) in [7, 11) is 0. The molecule has 96 valence electrons. The SMILES string of the molecule is CC(C)CCNc1cc(NC(C)CN)ncn1. The summed E-state index contributed by atoms with van der Waals surface area (Å²) >= 11 is 0. The fourth-order valence-corrected chi connectivity index (χ4v) is 1.33. The minimum absolute atomic E-state index is 0.216. The second kappa shape index (κ2) is 7.06. The van der Waals surface area contributed by atoms with E-state index in [0.29, 0.717) is 12.5 Å². The van der Waals surface area contributed by atoms with E-state index in [1.165, 1.54) is 0 Å². The van der Waals surface area contributed by atoms with Gasteiger partial charge in [0.25, 0.3) is 0 Å². The van der Waals surface area contributed by atoms with E-state index in [2.05, 4.69) is 34.4 Å². The van der Waals surface area contributed by atoms with Gasteiger partial charge in [-0.05, 0) is 19.3 Å². The fraction of sp³-hybridized carbons (Fsp3) is 0.667. The van der Waals surface area contributed by atoms with Crippen molar-refractivity contribution in [1.29, 1.82) is 0 Å². The Morgan fingerprint density at radius 2 is 1.94 bits per heavy atom. The van der Waals surface area contributed by atoms with Crippen molar-refractivity contribution >= 4 is 11.6 Å². The lowest BCUT2D eigenvalue weighted by atomic mass is 10.1. The fourth-order valence-electron chi connectivity index (χ4n) is 1.33. The molecule has 1 rings (SSSR count). The minimum atomic E-state index is 0.216. The summed E-state index contributed by atoms with van der Waals surface area (Å²) in [5.41, 5.74) is 5.55. The summed E-state index contributed by atoms with van der Waals surface area (Å²) in [4.78, 5) is 8.33. The molecule has 1 aromatic heterocycles. The number of hydrogen-bond donors (Lipinski definition) is 3. The van der Waals surface area contributed by atoms with Crippen LogP contribution in [0.1, 0.15) is 27.2 Å². The molecule has 0 fully saturated rings. The number of nitrogens with two attached hydrogens (primary N) is 1. The van der Waals surface area contributed by atoms with Crippen LogP contribution in [-0.2, 0) is 0 Å². The summed E-state index contributed by atoms with van der Waals surface area (Å²) in [5, 5.41) is 6.50. The number of aromatic nitrogens is 2. The van der Waals surface area contributed by atoms with Crippen LogP contribution in [0, 0.1) is 5.92 Å². The van der Waals surface area contributed by atoms with Gasteiger partial charge < -0.3 is 16.4 Å². The van der Waals surface area contributed by atoms with Gasteiger partial charge in [-0.25, -0.2) is 9.97 Å². The van der Waals surface area contributed by atoms with Crippen LogP contribution in [0.4, 0.5) is 11.6 Å². The molecule has 0 bridgehead atoms. The van der Waals surface area contributed by atoms with E-state index < -0.39 is 0 Å². The maximum absolute atomic E-state index is 5.55. The highest BCUT2D eigenvalue weighted by atomic mass is 15.1. The van der Waals surface area contributed by atoms with Gasteiger partial charge in [0.05, 0.1) is 0 Å². The molecule has 1 aromatic rings. The zero-order valence-corrected chi connectivity index (χ0v) is 10.9. The molecule has 0 amide bonds. The molecule has 5 heteroatoms. The average molecular weight is 237 g/mol. The van der Waals surface area contributed by atoms with Crippen LogP contribution in [0.15, 0.2) is 12.4 Å². The van der Waals surface area contributed by atoms with Crippen LogP contribution >= 0.6 is 0 Å². The first-order valence-electron chi connectivity index (χ1n) is 6.14. The zero-order chi connectivity index (χ0) is 12.7. The lowest BCUT2D eigenvalue weighted by Crippen LogP contribution is -2.25. The minimum Gasteiger partial charge on any atom is -0.370 e. The number of rotatable bonds is 7. The highest BCUT2D eigenvalue weighted by Gasteiger charge is 2.02. The Morgan fingerprint density at radius 3 is 2.59 bits per heavy atom. The quantitative estimate of drug-likeness (QED) is 0.673. The summed E-state index contributed by atoms with van der Waals surface area (Å²) in [6.07, 6.45) is 2.69. The van der Waals surface area contributed by atoms with Crippen LogP contribution in [0.5, 0.6) is 0 Å². The first-order chi connectivity index (χ1) is 8.11. The van der Waals surface area contributed by atoms with Crippen LogP contribution < -0.4 is 16.4 Å². The van der Waals surface area contributed by atoms with E-state index in [9.17, 15) is 0 Å². The number of anilines is 2. The highest BCUT2D eigenvalue weighted by molar-refractivity contribution is 5.46. The van der Waals surface area contributed by atoms with Gasteiger partial charge in [-0.3, -0.25) is 0 Å². The highest BCUT2D eigenvalue weighted by Crippen LogP contribution is 2.10. The normalized spacial score (nSPS) is 12.5. The van der Waals surface area contributed by atoms with E-state index >= 15 is 0 Å². The average Bonchev–Trinajstić information content (AvgIpc) is 2.29. The van der Waals surface area contributed by atoms with Gasteiger partial charge in [0.15, 0.2) is 0 Å². The maximum atomic E-state index is 5.55. The van der Waals surface area contributed by atoms with Crippen molar-refractivity contribution in [3.8, 4) is 0 Å². The second-order valence-corrected chi connectivity index (χ2v) is 4.68. The predicted octanol–water partition coefficient (Wildman–Crippen LogP) is 1.69. The molecular weight excluding hydrogens is 214 g/mol. The van der Waals surface area contributed by atoms with Crippen LogP contribution in [0.25, 0.3) is 0 Å². The van der Waals surface area contributed by atoms with Crippen molar-refractivity contribution < 1.29 is 0 Å². The van der Waals surface area contributed by atoms with Gasteiger partial charge in [-0.1, -0.05) is 13.8 Å². The smallest absolute Gasteiger partial charge is 0.131 e. The molecule has 0 saturated heterocycles. The van der Waals surface area contributed by atoms with Crippen molar-refractivity contribution in [2.75, 3.05) is 23.7 Å². The second-order valence-electron chi connectivity index (χ2n) is 4.68. The molecule has 5 nitrogen and oxygen atoms in total. The van der Waals surface area contributed by atoms with E-state index in [1.807, 2.05) is 13.0 Å². The largest absolute Gasteiger partial charge is 0.370 e. The molecular formula is C12H23N5. The maximum Gasteiger partial charge on any atom is 0.131 e. The van der Waals surface area contributed by atoms with E-state index in [1.54, 1.807) is 6.33 Å². The van der Waals surface area contributed by atoms with Gasteiger partial charge >= 0.3 is 0 Å². The van der Waals surface area contributed by atoms with E-state index in [0.717, 1.165) is 24.6 Å². The van der Waals surface area contributed by atoms with Crippen LogP contribution in [-0.4, -0.2) is 29.1 Å². The van der Waals surface area contributed by atoms with Gasteiger partial charge in [0.1, 0.15) is 18.0 Å². The predicted molar refractivity (Wildman–Crippen MR) is 72.1 cm³/mol. The molecule has 0 aliphatic heterocycles. The van der Waals surface area contributed by atoms with Gasteiger partial charge in [-0.15, -0.1) is 0 Å². The van der Waals surface area contributed by atoms with E-state index in [-0.39, 0.29) is 6.04 Å². The summed E-state index contributed by atoms with van der Waals surface area (Å²) in [6.45, 7) is 7.95. The number of hydrogen-bond acceptors (Lipinski definition) is 5. The molecule has 17 heavy (non-hydrogen) atoms. The first kappa shape index (κ1) is 13.7. The Morgan fingerprint density at radius 1 is 1.24 bits per heavy atom. The number of nitrogens with zero attached hydrogens (tertiary/aromatic N) is 2. The molecule has 0 radical (unpaired) electrons. The zero-order valence-electron chi connectivity index (χ0n) is 10.9. The Hall–Kier alpha value is -1.36. The van der Waals surface area contributed by atoms with Crippen molar-refractivity contribution in [3.05, 3.63) is 12.4 Å². The van der Waals surface area contributed by atoms with Gasteiger partial charge in [0, 0.05) is 25.2 Å². The summed E-state index contributed by atoms with van der Waals surface area (Å²) < 4.78 is 0. The van der Waals surface area contributed by atoms with Crippen molar-refractivity contribution in [2.45, 2.75) is 33.2 Å². The van der Waals surface area contributed by atoms with Crippen molar-refractivity contribution in [2.24, 2.45) is 11.7 Å². The van der Waals surface area contributed by atoms with Crippen molar-refractivity contribution in [3.63, 3.8) is 0 Å². The van der Waals surface area contributed by atoms with Crippen LogP contribution in [0.3, 0.4) is 0 Å². The Bertz CT molecular complexity index is 326. The van der Waals surface area contributed by atoms with Gasteiger partial charge in [0.2, 0.25) is 0 Å². The molecule has 1 unspecified atom stereocenters. The van der Waals surface area contributed by atoms with E-state index in [4.69, 9.17) is 5.73 Å². The third-order valence-electron chi connectivity index (χ3n) is 2.44. The Kier molecular flexibility index (Phi) is 5.69.